The summed E-state index contributed by atoms with van der Waals surface area (Å²) >= 11 is 0. The Hall–Kier alpha value is -1.10. The zero-order valence-corrected chi connectivity index (χ0v) is 11.6. The van der Waals surface area contributed by atoms with Gasteiger partial charge in [0.05, 0.1) is 24.0 Å². The Bertz CT molecular complexity index is 353. The number of carbonyl (C=O) groups excluding carboxylic acids is 1. The molecular weight excluding hydrogens is 246 g/mol. The van der Waals surface area contributed by atoms with Crippen molar-refractivity contribution in [3.8, 4) is 0 Å². The molecule has 1 aliphatic heterocycles. The van der Waals surface area contributed by atoms with Crippen molar-refractivity contribution in [2.45, 2.75) is 51.7 Å². The fraction of sp³-hybridized carbons (Fsp3) is 0.857. The van der Waals surface area contributed by atoms with Gasteiger partial charge in [0.1, 0.15) is 0 Å². The molecule has 108 valence electrons. The fourth-order valence-corrected chi connectivity index (χ4v) is 2.77. The van der Waals surface area contributed by atoms with Crippen LogP contribution in [0.2, 0.25) is 0 Å². The van der Waals surface area contributed by atoms with E-state index in [1.54, 1.807) is 0 Å². The number of hydrogen-bond acceptors (Lipinski definition) is 3. The lowest BCUT2D eigenvalue weighted by Crippen LogP contribution is -2.39. The predicted octanol–water partition coefficient (Wildman–Crippen LogP) is 1.42. The SMILES string of the molecule is CC1CC(C(=O)NCC(CC2CC2)C(=O)O)C(C)O1. The van der Waals surface area contributed by atoms with E-state index in [0.29, 0.717) is 18.8 Å². The Morgan fingerprint density at radius 2 is 2.05 bits per heavy atom. The van der Waals surface area contributed by atoms with Crippen LogP contribution in [0.5, 0.6) is 0 Å². The Balaban J connectivity index is 1.79. The third kappa shape index (κ3) is 3.93. The smallest absolute Gasteiger partial charge is 0.308 e. The molecule has 0 aromatic heterocycles. The van der Waals surface area contributed by atoms with Crippen LogP contribution in [-0.4, -0.2) is 35.7 Å². The number of nitrogens with one attached hydrogen (secondary N) is 1. The highest BCUT2D eigenvalue weighted by molar-refractivity contribution is 5.80. The zero-order valence-electron chi connectivity index (χ0n) is 11.6. The van der Waals surface area contributed by atoms with Gasteiger partial charge in [0.25, 0.3) is 0 Å². The summed E-state index contributed by atoms with van der Waals surface area (Å²) in [5.74, 6) is -0.932. The molecule has 4 unspecified atom stereocenters. The highest BCUT2D eigenvalue weighted by atomic mass is 16.5. The number of ether oxygens (including phenoxy) is 1. The minimum Gasteiger partial charge on any atom is -0.481 e. The molecule has 0 bridgehead atoms. The average molecular weight is 269 g/mol. The van der Waals surface area contributed by atoms with Gasteiger partial charge in [-0.2, -0.15) is 0 Å². The second-order valence-corrected chi connectivity index (χ2v) is 5.95. The highest BCUT2D eigenvalue weighted by Crippen LogP contribution is 2.35. The molecule has 1 amide bonds. The molecule has 19 heavy (non-hydrogen) atoms. The first-order chi connectivity index (χ1) is 8.97. The lowest BCUT2D eigenvalue weighted by Gasteiger charge is -2.17. The van der Waals surface area contributed by atoms with Crippen LogP contribution in [0.25, 0.3) is 0 Å². The monoisotopic (exact) mass is 269 g/mol. The standard InChI is InChI=1S/C14H23NO4/c1-8-5-12(9(2)19-8)13(16)15-7-11(14(17)18)6-10-3-4-10/h8-12H,3-7H2,1-2H3,(H,15,16)(H,17,18). The van der Waals surface area contributed by atoms with E-state index in [9.17, 15) is 9.59 Å². The van der Waals surface area contributed by atoms with E-state index in [1.807, 2.05) is 13.8 Å². The van der Waals surface area contributed by atoms with E-state index in [-0.39, 0.29) is 30.6 Å². The molecule has 1 heterocycles. The van der Waals surface area contributed by atoms with E-state index in [2.05, 4.69) is 5.32 Å². The normalized spacial score (nSPS) is 32.0. The molecule has 1 saturated heterocycles. The molecular formula is C14H23NO4. The van der Waals surface area contributed by atoms with Gasteiger partial charge in [-0.3, -0.25) is 9.59 Å². The lowest BCUT2D eigenvalue weighted by atomic mass is 9.98. The van der Waals surface area contributed by atoms with Crippen molar-refractivity contribution in [1.82, 2.24) is 5.32 Å². The number of carbonyl (C=O) groups is 2. The van der Waals surface area contributed by atoms with E-state index in [0.717, 1.165) is 12.8 Å². The van der Waals surface area contributed by atoms with E-state index < -0.39 is 11.9 Å². The van der Waals surface area contributed by atoms with Crippen molar-refractivity contribution >= 4 is 11.9 Å². The van der Waals surface area contributed by atoms with Crippen LogP contribution in [0.3, 0.4) is 0 Å². The number of aliphatic carboxylic acids is 1. The summed E-state index contributed by atoms with van der Waals surface area (Å²) in [5, 5.41) is 11.9. The third-order valence-corrected chi connectivity index (χ3v) is 4.12. The van der Waals surface area contributed by atoms with Gasteiger partial charge in [0.15, 0.2) is 0 Å². The van der Waals surface area contributed by atoms with Crippen LogP contribution in [0.1, 0.15) is 39.5 Å². The summed E-state index contributed by atoms with van der Waals surface area (Å²) in [4.78, 5) is 23.2. The average Bonchev–Trinajstić information content (AvgIpc) is 3.08. The molecule has 5 nitrogen and oxygen atoms in total. The summed E-state index contributed by atoms with van der Waals surface area (Å²) in [6, 6.07) is 0. The number of carboxylic acids is 1. The van der Waals surface area contributed by atoms with Gasteiger partial charge in [-0.1, -0.05) is 12.8 Å². The summed E-state index contributed by atoms with van der Waals surface area (Å²) in [7, 11) is 0. The van der Waals surface area contributed by atoms with Crippen LogP contribution in [0.15, 0.2) is 0 Å². The molecule has 5 heteroatoms. The van der Waals surface area contributed by atoms with Gasteiger partial charge in [-0.15, -0.1) is 0 Å². The maximum absolute atomic E-state index is 12.0. The van der Waals surface area contributed by atoms with Crippen LogP contribution >= 0.6 is 0 Å². The predicted molar refractivity (Wildman–Crippen MR) is 69.6 cm³/mol. The van der Waals surface area contributed by atoms with Gasteiger partial charge < -0.3 is 15.2 Å². The Morgan fingerprint density at radius 3 is 2.53 bits per heavy atom. The number of hydrogen-bond donors (Lipinski definition) is 2. The minimum absolute atomic E-state index is 0.0705. The second-order valence-electron chi connectivity index (χ2n) is 5.95. The molecule has 0 aromatic carbocycles. The van der Waals surface area contributed by atoms with Crippen LogP contribution in [-0.2, 0) is 14.3 Å². The summed E-state index contributed by atoms with van der Waals surface area (Å²) in [6.45, 7) is 4.09. The molecule has 2 rings (SSSR count). The molecule has 2 aliphatic rings. The maximum atomic E-state index is 12.0. The van der Waals surface area contributed by atoms with Crippen molar-refractivity contribution in [3.63, 3.8) is 0 Å². The molecule has 4 atom stereocenters. The largest absolute Gasteiger partial charge is 0.481 e. The molecule has 1 saturated carbocycles. The number of amides is 1. The van der Waals surface area contributed by atoms with Crippen LogP contribution in [0.4, 0.5) is 0 Å². The molecule has 0 aromatic rings. The van der Waals surface area contributed by atoms with Crippen molar-refractivity contribution in [2.75, 3.05) is 6.54 Å². The van der Waals surface area contributed by atoms with E-state index in [4.69, 9.17) is 9.84 Å². The molecule has 1 aliphatic carbocycles. The molecule has 2 N–H and O–H groups in total. The minimum atomic E-state index is -0.809. The highest BCUT2D eigenvalue weighted by Gasteiger charge is 2.36. The lowest BCUT2D eigenvalue weighted by molar-refractivity contribution is -0.142. The van der Waals surface area contributed by atoms with Crippen molar-refractivity contribution in [3.05, 3.63) is 0 Å². The van der Waals surface area contributed by atoms with Crippen LogP contribution < -0.4 is 5.32 Å². The van der Waals surface area contributed by atoms with Crippen molar-refractivity contribution in [2.24, 2.45) is 17.8 Å². The Labute approximate surface area is 113 Å². The van der Waals surface area contributed by atoms with Crippen molar-refractivity contribution < 1.29 is 19.4 Å². The summed E-state index contributed by atoms with van der Waals surface area (Å²) < 4.78 is 5.55. The van der Waals surface area contributed by atoms with Gasteiger partial charge in [-0.25, -0.2) is 0 Å². The number of rotatable bonds is 6. The second kappa shape index (κ2) is 5.90. The summed E-state index contributed by atoms with van der Waals surface area (Å²) in [6.07, 6.45) is 3.68. The van der Waals surface area contributed by atoms with Crippen molar-refractivity contribution in [1.29, 1.82) is 0 Å². The molecule has 0 spiro atoms. The first kappa shape index (κ1) is 14.3. The first-order valence-corrected chi connectivity index (χ1v) is 7.13. The van der Waals surface area contributed by atoms with Gasteiger partial charge in [-0.05, 0) is 32.6 Å². The maximum Gasteiger partial charge on any atom is 0.308 e. The topological polar surface area (TPSA) is 75.6 Å². The Kier molecular flexibility index (Phi) is 4.45. The van der Waals surface area contributed by atoms with E-state index in [1.165, 1.54) is 0 Å². The summed E-state index contributed by atoms with van der Waals surface area (Å²) in [5.41, 5.74) is 0. The molecule has 0 radical (unpaired) electrons. The first-order valence-electron chi connectivity index (χ1n) is 7.13. The van der Waals surface area contributed by atoms with Gasteiger partial charge in [0, 0.05) is 6.54 Å². The van der Waals surface area contributed by atoms with E-state index >= 15 is 0 Å². The zero-order chi connectivity index (χ0) is 14.0. The fourth-order valence-electron chi connectivity index (χ4n) is 2.77. The third-order valence-electron chi connectivity index (χ3n) is 4.12. The molecule has 2 fully saturated rings. The van der Waals surface area contributed by atoms with Crippen LogP contribution in [0, 0.1) is 17.8 Å². The Morgan fingerprint density at radius 1 is 1.37 bits per heavy atom. The van der Waals surface area contributed by atoms with Gasteiger partial charge in [0.2, 0.25) is 5.91 Å². The quantitative estimate of drug-likeness (QED) is 0.764. The number of carboxylic acid groups (broad SMARTS) is 1. The van der Waals surface area contributed by atoms with Gasteiger partial charge >= 0.3 is 5.97 Å².